The highest BCUT2D eigenvalue weighted by atomic mass is 32.2. The molecular formula is C10H10N2O2S2. The fourth-order valence-electron chi connectivity index (χ4n) is 1.23. The summed E-state index contributed by atoms with van der Waals surface area (Å²) in [5, 5.41) is 0.255. The van der Waals surface area contributed by atoms with E-state index in [9.17, 15) is 8.42 Å². The quantitative estimate of drug-likeness (QED) is 0.887. The average Bonchev–Trinajstić information content (AvgIpc) is 2.66. The van der Waals surface area contributed by atoms with Crippen LogP contribution in [0.4, 0.5) is 5.13 Å². The van der Waals surface area contributed by atoms with E-state index >= 15 is 0 Å². The van der Waals surface area contributed by atoms with Crippen molar-refractivity contribution in [3.63, 3.8) is 0 Å². The zero-order valence-electron chi connectivity index (χ0n) is 8.54. The smallest absolute Gasteiger partial charge is 0.217 e. The lowest BCUT2D eigenvalue weighted by Gasteiger charge is -2.01. The Balaban J connectivity index is 2.51. The molecule has 0 bridgehead atoms. The Kier molecular flexibility index (Phi) is 2.69. The summed E-state index contributed by atoms with van der Waals surface area (Å²) in [7, 11) is -3.46. The summed E-state index contributed by atoms with van der Waals surface area (Å²) in [5.41, 5.74) is 6.44. The predicted molar refractivity (Wildman–Crippen MR) is 63.2 cm³/mol. The van der Waals surface area contributed by atoms with E-state index in [2.05, 4.69) is 4.98 Å². The number of rotatable bonds is 2. The Bertz CT molecular complexity index is 600. The Morgan fingerprint density at radius 3 is 2.38 bits per heavy atom. The number of hydrogen-bond donors (Lipinski definition) is 1. The van der Waals surface area contributed by atoms with Crippen LogP contribution in [-0.2, 0) is 9.84 Å². The second kappa shape index (κ2) is 3.88. The van der Waals surface area contributed by atoms with Gasteiger partial charge < -0.3 is 5.73 Å². The van der Waals surface area contributed by atoms with Crippen LogP contribution in [0.15, 0.2) is 39.6 Å². The van der Waals surface area contributed by atoms with Crippen LogP contribution in [0.1, 0.15) is 5.56 Å². The van der Waals surface area contributed by atoms with E-state index < -0.39 is 9.84 Å². The summed E-state index contributed by atoms with van der Waals surface area (Å²) in [6.45, 7) is 1.90. The summed E-state index contributed by atoms with van der Waals surface area (Å²) in [6.07, 6.45) is 1.29. The van der Waals surface area contributed by atoms with Crippen molar-refractivity contribution >= 4 is 26.3 Å². The number of aryl methyl sites for hydroxylation is 1. The lowest BCUT2D eigenvalue weighted by molar-refractivity contribution is 0.598. The van der Waals surface area contributed by atoms with Gasteiger partial charge in [-0.2, -0.15) is 0 Å². The minimum Gasteiger partial charge on any atom is -0.375 e. The number of anilines is 1. The van der Waals surface area contributed by atoms with Gasteiger partial charge in [0, 0.05) is 0 Å². The molecule has 1 aromatic heterocycles. The number of nitrogens with zero attached hydrogens (tertiary/aromatic N) is 1. The zero-order valence-corrected chi connectivity index (χ0v) is 10.2. The Morgan fingerprint density at radius 1 is 1.25 bits per heavy atom. The highest BCUT2D eigenvalue weighted by Gasteiger charge is 2.19. The molecule has 4 nitrogen and oxygen atoms in total. The first-order valence-corrected chi connectivity index (χ1v) is 6.83. The molecule has 16 heavy (non-hydrogen) atoms. The van der Waals surface area contributed by atoms with Crippen LogP contribution in [-0.4, -0.2) is 13.4 Å². The van der Waals surface area contributed by atoms with Gasteiger partial charge in [0.05, 0.1) is 11.1 Å². The fourth-order valence-corrected chi connectivity index (χ4v) is 3.55. The summed E-state index contributed by atoms with van der Waals surface area (Å²) in [4.78, 5) is 4.01. The van der Waals surface area contributed by atoms with Crippen LogP contribution in [0.5, 0.6) is 0 Å². The zero-order chi connectivity index (χ0) is 11.8. The number of sulfone groups is 1. The number of thiazole rings is 1. The van der Waals surface area contributed by atoms with Gasteiger partial charge in [0.25, 0.3) is 0 Å². The van der Waals surface area contributed by atoms with Crippen molar-refractivity contribution in [1.29, 1.82) is 0 Å². The van der Waals surface area contributed by atoms with Crippen LogP contribution >= 0.6 is 11.3 Å². The van der Waals surface area contributed by atoms with Crippen molar-refractivity contribution in [3.8, 4) is 0 Å². The molecule has 1 aromatic carbocycles. The molecule has 2 rings (SSSR count). The average molecular weight is 254 g/mol. The van der Waals surface area contributed by atoms with Crippen LogP contribution in [0, 0.1) is 6.92 Å². The molecule has 2 aromatic rings. The predicted octanol–water partition coefficient (Wildman–Crippen LogP) is 1.87. The Hall–Kier alpha value is -1.40. The molecule has 0 spiro atoms. The van der Waals surface area contributed by atoms with Gasteiger partial charge in [-0.15, -0.1) is 0 Å². The third-order valence-electron chi connectivity index (χ3n) is 2.10. The van der Waals surface area contributed by atoms with Crippen molar-refractivity contribution in [1.82, 2.24) is 4.98 Å². The maximum absolute atomic E-state index is 12.1. The number of benzene rings is 1. The molecule has 0 aliphatic heterocycles. The standard InChI is InChI=1S/C10H10N2O2S2/c1-7-2-4-8(5-3-7)16(13,14)9-6-12-10(11)15-9/h2-6H,1H3,(H2,11,12). The largest absolute Gasteiger partial charge is 0.375 e. The van der Waals surface area contributed by atoms with Gasteiger partial charge in [0.2, 0.25) is 9.84 Å². The summed E-state index contributed by atoms with van der Waals surface area (Å²) in [5.74, 6) is 0. The molecule has 0 fully saturated rings. The third kappa shape index (κ3) is 1.94. The molecule has 0 saturated heterocycles. The molecule has 6 heteroatoms. The Labute approximate surface area is 97.7 Å². The summed E-state index contributed by atoms with van der Waals surface area (Å²) >= 11 is 0.972. The third-order valence-corrected chi connectivity index (χ3v) is 5.16. The van der Waals surface area contributed by atoms with Gasteiger partial charge in [0.1, 0.15) is 4.21 Å². The molecule has 0 saturated carbocycles. The van der Waals surface area contributed by atoms with Crippen molar-refractivity contribution in [2.24, 2.45) is 0 Å². The number of nitrogen functional groups attached to an aromatic ring is 1. The summed E-state index contributed by atoms with van der Waals surface area (Å²) in [6, 6.07) is 6.69. The van der Waals surface area contributed by atoms with Crippen molar-refractivity contribution in [2.75, 3.05) is 5.73 Å². The van der Waals surface area contributed by atoms with Gasteiger partial charge in [-0.05, 0) is 19.1 Å². The number of nitrogens with two attached hydrogens (primary N) is 1. The molecule has 0 aliphatic carbocycles. The van der Waals surface area contributed by atoms with Crippen molar-refractivity contribution in [3.05, 3.63) is 36.0 Å². The van der Waals surface area contributed by atoms with E-state index in [4.69, 9.17) is 5.73 Å². The highest BCUT2D eigenvalue weighted by molar-refractivity contribution is 7.93. The lowest BCUT2D eigenvalue weighted by Crippen LogP contribution is -1.99. The monoisotopic (exact) mass is 254 g/mol. The minimum atomic E-state index is -3.46. The molecule has 84 valence electrons. The van der Waals surface area contributed by atoms with Gasteiger partial charge in [-0.1, -0.05) is 29.0 Å². The molecular weight excluding hydrogens is 244 g/mol. The lowest BCUT2D eigenvalue weighted by atomic mass is 10.2. The van der Waals surface area contributed by atoms with Crippen LogP contribution in [0.2, 0.25) is 0 Å². The van der Waals surface area contributed by atoms with E-state index in [0.717, 1.165) is 16.9 Å². The van der Waals surface area contributed by atoms with E-state index in [1.54, 1.807) is 24.3 Å². The van der Waals surface area contributed by atoms with E-state index in [0.29, 0.717) is 0 Å². The van der Waals surface area contributed by atoms with Gasteiger partial charge in [0.15, 0.2) is 5.13 Å². The second-order valence-electron chi connectivity index (χ2n) is 3.33. The van der Waals surface area contributed by atoms with Gasteiger partial charge >= 0.3 is 0 Å². The Morgan fingerprint density at radius 2 is 1.88 bits per heavy atom. The minimum absolute atomic E-state index is 0.175. The van der Waals surface area contributed by atoms with Gasteiger partial charge in [-0.3, -0.25) is 0 Å². The molecule has 0 amide bonds. The van der Waals surface area contributed by atoms with E-state index in [1.165, 1.54) is 6.20 Å². The van der Waals surface area contributed by atoms with Crippen LogP contribution in [0.25, 0.3) is 0 Å². The van der Waals surface area contributed by atoms with Crippen molar-refractivity contribution in [2.45, 2.75) is 16.0 Å². The molecule has 0 atom stereocenters. The number of aromatic nitrogens is 1. The van der Waals surface area contributed by atoms with Crippen molar-refractivity contribution < 1.29 is 8.42 Å². The molecule has 0 unspecified atom stereocenters. The fraction of sp³-hybridized carbons (Fsp3) is 0.100. The molecule has 0 radical (unpaired) electrons. The molecule has 2 N–H and O–H groups in total. The SMILES string of the molecule is Cc1ccc(S(=O)(=O)c2cnc(N)s2)cc1. The first-order chi connectivity index (χ1) is 7.50. The van der Waals surface area contributed by atoms with Gasteiger partial charge in [-0.25, -0.2) is 13.4 Å². The van der Waals surface area contributed by atoms with Crippen LogP contribution in [0.3, 0.4) is 0 Å². The maximum Gasteiger partial charge on any atom is 0.217 e. The maximum atomic E-state index is 12.1. The first kappa shape index (κ1) is 11.1. The number of hydrogen-bond acceptors (Lipinski definition) is 5. The topological polar surface area (TPSA) is 73.0 Å². The first-order valence-electron chi connectivity index (χ1n) is 4.53. The summed E-state index contributed by atoms with van der Waals surface area (Å²) < 4.78 is 24.3. The van der Waals surface area contributed by atoms with E-state index in [1.807, 2.05) is 6.92 Å². The van der Waals surface area contributed by atoms with E-state index in [-0.39, 0.29) is 14.2 Å². The highest BCUT2D eigenvalue weighted by Crippen LogP contribution is 2.26. The normalized spacial score (nSPS) is 11.6. The second-order valence-corrected chi connectivity index (χ2v) is 6.57. The molecule has 0 aliphatic rings. The van der Waals surface area contributed by atoms with Crippen LogP contribution < -0.4 is 5.73 Å². The molecule has 1 heterocycles.